The molecule has 1 saturated heterocycles. The minimum absolute atomic E-state index is 0.0111. The zero-order valence-electron chi connectivity index (χ0n) is 9.95. The highest BCUT2D eigenvalue weighted by Gasteiger charge is 2.41. The molecule has 0 bridgehead atoms. The Morgan fingerprint density at radius 1 is 1.50 bits per heavy atom. The third kappa shape index (κ3) is 2.74. The molecule has 1 aliphatic carbocycles. The van der Waals surface area contributed by atoms with E-state index in [0.717, 1.165) is 25.9 Å². The van der Waals surface area contributed by atoms with E-state index in [-0.39, 0.29) is 24.1 Å². The van der Waals surface area contributed by atoms with Crippen LogP contribution in [0.1, 0.15) is 39.0 Å². The first kappa shape index (κ1) is 11.9. The van der Waals surface area contributed by atoms with Crippen molar-refractivity contribution in [1.29, 1.82) is 0 Å². The Balaban J connectivity index is 1.81. The smallest absolute Gasteiger partial charge is 0.237 e. The highest BCUT2D eigenvalue weighted by Crippen LogP contribution is 2.38. The number of carbonyl (C=O) groups excluding carboxylic acids is 1. The Kier molecular flexibility index (Phi) is 3.82. The number of nitrogens with two attached hydrogens (primary N) is 1. The monoisotopic (exact) mass is 226 g/mol. The number of hydrogen-bond acceptors (Lipinski definition) is 3. The van der Waals surface area contributed by atoms with E-state index >= 15 is 0 Å². The molecule has 1 saturated carbocycles. The normalized spacial score (nSPS) is 31.4. The molecule has 1 heterocycles. The highest BCUT2D eigenvalue weighted by molar-refractivity contribution is 5.81. The Morgan fingerprint density at radius 2 is 2.25 bits per heavy atom. The minimum atomic E-state index is -0.356. The predicted molar refractivity (Wildman–Crippen MR) is 61.9 cm³/mol. The summed E-state index contributed by atoms with van der Waals surface area (Å²) in [5.74, 6) is 0.665. The van der Waals surface area contributed by atoms with Gasteiger partial charge in [-0.3, -0.25) is 4.79 Å². The van der Waals surface area contributed by atoms with Crippen LogP contribution in [0.25, 0.3) is 0 Å². The molecule has 1 aliphatic heterocycles. The summed E-state index contributed by atoms with van der Waals surface area (Å²) in [7, 11) is 0. The first-order chi connectivity index (χ1) is 7.72. The Labute approximate surface area is 96.9 Å². The minimum Gasteiger partial charge on any atom is -0.376 e. The van der Waals surface area contributed by atoms with Crippen LogP contribution in [0.3, 0.4) is 0 Å². The SMILES string of the molecule is CCC[C@H](N)C(=O)NC1CCOC1C1CC1. The van der Waals surface area contributed by atoms with Gasteiger partial charge in [-0.15, -0.1) is 0 Å². The van der Waals surface area contributed by atoms with Gasteiger partial charge in [0.25, 0.3) is 0 Å². The third-order valence-electron chi connectivity index (χ3n) is 3.49. The molecule has 1 amide bonds. The third-order valence-corrected chi connectivity index (χ3v) is 3.49. The van der Waals surface area contributed by atoms with Crippen molar-refractivity contribution in [2.45, 2.75) is 57.2 Å². The summed E-state index contributed by atoms with van der Waals surface area (Å²) in [5, 5.41) is 3.05. The fraction of sp³-hybridized carbons (Fsp3) is 0.917. The first-order valence-corrected chi connectivity index (χ1v) is 6.40. The maximum absolute atomic E-state index is 11.8. The van der Waals surface area contributed by atoms with E-state index < -0.39 is 0 Å². The summed E-state index contributed by atoms with van der Waals surface area (Å²) < 4.78 is 5.67. The van der Waals surface area contributed by atoms with Gasteiger partial charge in [-0.1, -0.05) is 13.3 Å². The molecule has 3 N–H and O–H groups in total. The van der Waals surface area contributed by atoms with Crippen molar-refractivity contribution in [2.24, 2.45) is 11.7 Å². The summed E-state index contributed by atoms with van der Waals surface area (Å²) in [6.45, 7) is 2.81. The van der Waals surface area contributed by atoms with Crippen LogP contribution < -0.4 is 11.1 Å². The predicted octanol–water partition coefficient (Wildman–Crippen LogP) is 0.797. The van der Waals surface area contributed by atoms with Crippen molar-refractivity contribution in [3.8, 4) is 0 Å². The van der Waals surface area contributed by atoms with Crippen LogP contribution in [-0.4, -0.2) is 30.7 Å². The van der Waals surface area contributed by atoms with Crippen LogP contribution in [0.5, 0.6) is 0 Å². The number of ether oxygens (including phenoxy) is 1. The Bertz CT molecular complexity index is 253. The molecule has 0 aromatic rings. The van der Waals surface area contributed by atoms with Gasteiger partial charge in [0.05, 0.1) is 18.2 Å². The molecule has 0 radical (unpaired) electrons. The van der Waals surface area contributed by atoms with Crippen LogP contribution >= 0.6 is 0 Å². The average Bonchev–Trinajstić information content (AvgIpc) is 3.00. The molecule has 0 aromatic carbocycles. The van der Waals surface area contributed by atoms with E-state index in [0.29, 0.717) is 5.92 Å². The Hall–Kier alpha value is -0.610. The van der Waals surface area contributed by atoms with Gasteiger partial charge in [-0.2, -0.15) is 0 Å². The lowest BCUT2D eigenvalue weighted by atomic mass is 10.1. The van der Waals surface area contributed by atoms with E-state index in [1.165, 1.54) is 12.8 Å². The van der Waals surface area contributed by atoms with Crippen molar-refractivity contribution >= 4 is 5.91 Å². The molecule has 3 atom stereocenters. The molecule has 16 heavy (non-hydrogen) atoms. The molecular formula is C12H22N2O2. The standard InChI is InChI=1S/C12H22N2O2/c1-2-3-9(13)12(15)14-10-6-7-16-11(10)8-4-5-8/h8-11H,2-7,13H2,1H3,(H,14,15)/t9-,10?,11?/m0/s1. The van der Waals surface area contributed by atoms with Crippen molar-refractivity contribution < 1.29 is 9.53 Å². The molecule has 0 aromatic heterocycles. The summed E-state index contributed by atoms with van der Waals surface area (Å²) in [4.78, 5) is 11.8. The van der Waals surface area contributed by atoms with E-state index in [1.807, 2.05) is 6.92 Å². The van der Waals surface area contributed by atoms with Crippen LogP contribution in [0.4, 0.5) is 0 Å². The van der Waals surface area contributed by atoms with Crippen molar-refractivity contribution in [3.63, 3.8) is 0 Å². The average molecular weight is 226 g/mol. The van der Waals surface area contributed by atoms with Gasteiger partial charge in [0.1, 0.15) is 0 Å². The molecule has 4 nitrogen and oxygen atoms in total. The van der Waals surface area contributed by atoms with E-state index in [1.54, 1.807) is 0 Å². The number of hydrogen-bond donors (Lipinski definition) is 2. The molecule has 92 valence electrons. The van der Waals surface area contributed by atoms with Gasteiger partial charge in [0.15, 0.2) is 0 Å². The van der Waals surface area contributed by atoms with Crippen LogP contribution in [0, 0.1) is 5.92 Å². The van der Waals surface area contributed by atoms with Crippen molar-refractivity contribution in [2.75, 3.05) is 6.61 Å². The summed E-state index contributed by atoms with van der Waals surface area (Å²) in [5.41, 5.74) is 5.79. The van der Waals surface area contributed by atoms with Gasteiger partial charge in [0.2, 0.25) is 5.91 Å². The second-order valence-electron chi connectivity index (χ2n) is 4.97. The van der Waals surface area contributed by atoms with Crippen LogP contribution in [-0.2, 0) is 9.53 Å². The zero-order chi connectivity index (χ0) is 11.5. The van der Waals surface area contributed by atoms with Gasteiger partial charge in [0, 0.05) is 6.61 Å². The Morgan fingerprint density at radius 3 is 2.88 bits per heavy atom. The van der Waals surface area contributed by atoms with Crippen molar-refractivity contribution in [3.05, 3.63) is 0 Å². The van der Waals surface area contributed by atoms with Gasteiger partial charge >= 0.3 is 0 Å². The first-order valence-electron chi connectivity index (χ1n) is 6.40. The molecule has 2 aliphatic rings. The molecular weight excluding hydrogens is 204 g/mol. The maximum atomic E-state index is 11.8. The fourth-order valence-corrected chi connectivity index (χ4v) is 2.39. The van der Waals surface area contributed by atoms with Crippen LogP contribution in [0.2, 0.25) is 0 Å². The molecule has 2 fully saturated rings. The van der Waals surface area contributed by atoms with Gasteiger partial charge in [-0.05, 0) is 31.6 Å². The summed E-state index contributed by atoms with van der Waals surface area (Å²) >= 11 is 0. The lowest BCUT2D eigenvalue weighted by molar-refractivity contribution is -0.123. The van der Waals surface area contributed by atoms with E-state index in [9.17, 15) is 4.79 Å². The van der Waals surface area contributed by atoms with E-state index in [4.69, 9.17) is 10.5 Å². The lowest BCUT2D eigenvalue weighted by Crippen LogP contribution is -2.48. The number of rotatable bonds is 5. The number of amides is 1. The number of nitrogens with one attached hydrogen (secondary N) is 1. The summed E-state index contributed by atoms with van der Waals surface area (Å²) in [6.07, 6.45) is 5.38. The maximum Gasteiger partial charge on any atom is 0.237 e. The summed E-state index contributed by atoms with van der Waals surface area (Å²) in [6, 6.07) is -0.159. The molecule has 2 unspecified atom stereocenters. The molecule has 4 heteroatoms. The second kappa shape index (κ2) is 5.15. The van der Waals surface area contributed by atoms with Crippen LogP contribution in [0.15, 0.2) is 0 Å². The van der Waals surface area contributed by atoms with Gasteiger partial charge < -0.3 is 15.8 Å². The zero-order valence-corrected chi connectivity index (χ0v) is 9.95. The van der Waals surface area contributed by atoms with E-state index in [2.05, 4.69) is 5.32 Å². The second-order valence-corrected chi connectivity index (χ2v) is 4.97. The largest absolute Gasteiger partial charge is 0.376 e. The van der Waals surface area contributed by atoms with Gasteiger partial charge in [-0.25, -0.2) is 0 Å². The fourth-order valence-electron chi connectivity index (χ4n) is 2.39. The lowest BCUT2D eigenvalue weighted by Gasteiger charge is -2.21. The quantitative estimate of drug-likeness (QED) is 0.728. The molecule has 0 spiro atoms. The number of carbonyl (C=O) groups is 1. The topological polar surface area (TPSA) is 64.4 Å². The highest BCUT2D eigenvalue weighted by atomic mass is 16.5. The molecule has 2 rings (SSSR count). The van der Waals surface area contributed by atoms with Crippen molar-refractivity contribution in [1.82, 2.24) is 5.32 Å².